The van der Waals surface area contributed by atoms with Gasteiger partial charge in [0.1, 0.15) is 0 Å². The Morgan fingerprint density at radius 3 is 3.00 bits per heavy atom. The zero-order valence-corrected chi connectivity index (χ0v) is 6.93. The van der Waals surface area contributed by atoms with Crippen LogP contribution in [0.3, 0.4) is 0 Å². The molecule has 0 bridgehead atoms. The summed E-state index contributed by atoms with van der Waals surface area (Å²) < 4.78 is 0. The highest BCUT2D eigenvalue weighted by Crippen LogP contribution is 1.88. The van der Waals surface area contributed by atoms with Gasteiger partial charge in [0.05, 0.1) is 6.54 Å². The third-order valence-electron chi connectivity index (χ3n) is 0.783. The molecule has 0 fully saturated rings. The number of aliphatic imine (C=N–C) groups is 1. The summed E-state index contributed by atoms with van der Waals surface area (Å²) in [7, 11) is 0. The maximum Gasteiger partial charge on any atom is 0.251 e. The fourth-order valence-electron chi connectivity index (χ4n) is 0.386. The van der Waals surface area contributed by atoms with Gasteiger partial charge in [0.15, 0.2) is 5.03 Å². The number of hydrazine groups is 1. The van der Waals surface area contributed by atoms with Crippen LogP contribution in [0.5, 0.6) is 0 Å². The number of nitrogens with two attached hydrogens (primary N) is 1. The van der Waals surface area contributed by atoms with Crippen molar-refractivity contribution in [3.05, 3.63) is 10.1 Å². The van der Waals surface area contributed by atoms with Crippen molar-refractivity contribution in [1.82, 2.24) is 5.43 Å². The number of hydrogen-bond donors (Lipinski definition) is 2. The lowest BCUT2D eigenvalue weighted by Crippen LogP contribution is -2.36. The summed E-state index contributed by atoms with van der Waals surface area (Å²) >= 11 is 1.60. The van der Waals surface area contributed by atoms with Crippen LogP contribution in [0.2, 0.25) is 0 Å². The molecule has 0 saturated heterocycles. The highest BCUT2D eigenvalue weighted by atomic mass is 32.2. The first-order chi connectivity index (χ1) is 5.16. The van der Waals surface area contributed by atoms with Gasteiger partial charge in [0.25, 0.3) is 5.96 Å². The highest BCUT2D eigenvalue weighted by Gasteiger charge is 1.96. The van der Waals surface area contributed by atoms with Crippen LogP contribution < -0.4 is 11.2 Å². The quantitative estimate of drug-likeness (QED) is 0.198. The highest BCUT2D eigenvalue weighted by molar-refractivity contribution is 7.98. The van der Waals surface area contributed by atoms with Crippen molar-refractivity contribution in [3.8, 4) is 0 Å². The molecule has 3 N–H and O–H groups in total. The molecule has 0 aromatic heterocycles. The van der Waals surface area contributed by atoms with Crippen molar-refractivity contribution >= 4 is 17.7 Å². The molecule has 0 aliphatic heterocycles. The van der Waals surface area contributed by atoms with E-state index in [0.717, 1.165) is 5.75 Å². The molecule has 0 amide bonds. The lowest BCUT2D eigenvalue weighted by molar-refractivity contribution is -0.525. The summed E-state index contributed by atoms with van der Waals surface area (Å²) in [6.07, 6.45) is 1.92. The molecule has 0 unspecified atom stereocenters. The van der Waals surface area contributed by atoms with Gasteiger partial charge in [-0.25, -0.2) is 15.1 Å². The third kappa shape index (κ3) is 6.91. The van der Waals surface area contributed by atoms with Crippen LogP contribution in [-0.2, 0) is 0 Å². The molecule has 0 radical (unpaired) electrons. The number of hydrogen-bond acceptors (Lipinski definition) is 4. The normalized spacial score (nSPS) is 11.2. The average molecular weight is 178 g/mol. The molecule has 0 aromatic rings. The van der Waals surface area contributed by atoms with Crippen molar-refractivity contribution in [2.75, 3.05) is 18.6 Å². The lowest BCUT2D eigenvalue weighted by Gasteiger charge is -1.94. The van der Waals surface area contributed by atoms with Gasteiger partial charge in [-0.2, -0.15) is 11.8 Å². The van der Waals surface area contributed by atoms with E-state index in [9.17, 15) is 10.1 Å². The molecule has 11 heavy (non-hydrogen) atoms. The lowest BCUT2D eigenvalue weighted by atomic mass is 10.8. The van der Waals surface area contributed by atoms with Gasteiger partial charge >= 0.3 is 0 Å². The standard InChI is InChI=1S/C4H10N4O2S/c1-11-3-2-6-4(5)7-8(9)10/h2-3H2,1H3,(H3,5,6,7). The molecule has 0 heterocycles. The summed E-state index contributed by atoms with van der Waals surface area (Å²) in [6, 6.07) is 0. The predicted octanol–water partition coefficient (Wildman–Crippen LogP) is -0.555. The summed E-state index contributed by atoms with van der Waals surface area (Å²) in [4.78, 5) is 13.4. The van der Waals surface area contributed by atoms with E-state index in [2.05, 4.69) is 4.99 Å². The predicted molar refractivity (Wildman–Crippen MR) is 45.0 cm³/mol. The van der Waals surface area contributed by atoms with Crippen molar-refractivity contribution in [1.29, 1.82) is 0 Å². The first kappa shape index (κ1) is 10.0. The van der Waals surface area contributed by atoms with Crippen molar-refractivity contribution < 1.29 is 5.03 Å². The fraction of sp³-hybridized carbons (Fsp3) is 0.750. The number of nitrogens with zero attached hydrogens (tertiary/aromatic N) is 2. The Hall–Kier alpha value is -0.980. The van der Waals surface area contributed by atoms with Crippen molar-refractivity contribution in [3.63, 3.8) is 0 Å². The van der Waals surface area contributed by atoms with Gasteiger partial charge < -0.3 is 5.73 Å². The van der Waals surface area contributed by atoms with Gasteiger partial charge in [-0.1, -0.05) is 5.43 Å². The van der Waals surface area contributed by atoms with Gasteiger partial charge in [-0.3, -0.25) is 0 Å². The Labute approximate surface area is 68.4 Å². The van der Waals surface area contributed by atoms with E-state index in [4.69, 9.17) is 5.73 Å². The van der Waals surface area contributed by atoms with E-state index in [0.29, 0.717) is 6.54 Å². The minimum atomic E-state index is -0.738. The number of rotatable bonds is 4. The average Bonchev–Trinajstić information content (AvgIpc) is 1.86. The molecule has 0 spiro atoms. The Balaban J connectivity index is 3.54. The zero-order chi connectivity index (χ0) is 8.69. The van der Waals surface area contributed by atoms with Gasteiger partial charge in [0, 0.05) is 5.75 Å². The molecule has 0 aromatic carbocycles. The van der Waals surface area contributed by atoms with E-state index < -0.39 is 5.03 Å². The van der Waals surface area contributed by atoms with Crippen LogP contribution in [0.4, 0.5) is 0 Å². The number of guanidine groups is 1. The first-order valence-corrected chi connectivity index (χ1v) is 4.26. The second kappa shape index (κ2) is 5.78. The van der Waals surface area contributed by atoms with Crippen LogP contribution in [0.15, 0.2) is 4.99 Å². The van der Waals surface area contributed by atoms with E-state index in [1.54, 1.807) is 17.2 Å². The maximum atomic E-state index is 9.77. The Bertz CT molecular complexity index is 160. The smallest absolute Gasteiger partial charge is 0.251 e. The molecule has 6 nitrogen and oxygen atoms in total. The summed E-state index contributed by atoms with van der Waals surface area (Å²) in [5.41, 5.74) is 6.85. The number of nitrogens with one attached hydrogen (secondary N) is 1. The number of thioether (sulfide) groups is 1. The largest absolute Gasteiger partial charge is 0.365 e. The Kier molecular flexibility index (Phi) is 5.26. The summed E-state index contributed by atoms with van der Waals surface area (Å²) in [5.74, 6) is 0.657. The molecule has 0 atom stereocenters. The molecule has 7 heteroatoms. The molecule has 0 aliphatic carbocycles. The minimum Gasteiger partial charge on any atom is -0.365 e. The molecule has 64 valence electrons. The topological polar surface area (TPSA) is 93.5 Å². The molecular weight excluding hydrogens is 168 g/mol. The number of nitro groups is 1. The van der Waals surface area contributed by atoms with Gasteiger partial charge in [-0.15, -0.1) is 0 Å². The molecule has 0 aliphatic rings. The molecular formula is C4H10N4O2S. The van der Waals surface area contributed by atoms with Crippen molar-refractivity contribution in [2.24, 2.45) is 10.7 Å². The maximum absolute atomic E-state index is 9.77. The SMILES string of the molecule is CSCCN=C(N)N[N+](=O)[O-]. The summed E-state index contributed by atoms with van der Waals surface area (Å²) in [5, 5.41) is 9.03. The second-order valence-electron chi connectivity index (χ2n) is 1.63. The molecule has 0 saturated carbocycles. The van der Waals surface area contributed by atoms with Crippen LogP contribution in [0.1, 0.15) is 0 Å². The Morgan fingerprint density at radius 2 is 2.55 bits per heavy atom. The van der Waals surface area contributed by atoms with Crippen molar-refractivity contribution in [2.45, 2.75) is 0 Å². The Morgan fingerprint density at radius 1 is 1.91 bits per heavy atom. The fourth-order valence-corrected chi connectivity index (χ4v) is 0.660. The zero-order valence-electron chi connectivity index (χ0n) is 6.11. The van der Waals surface area contributed by atoms with Crippen LogP contribution in [0, 0.1) is 10.1 Å². The van der Waals surface area contributed by atoms with Gasteiger partial charge in [0.2, 0.25) is 0 Å². The first-order valence-electron chi connectivity index (χ1n) is 2.86. The summed E-state index contributed by atoms with van der Waals surface area (Å²) in [6.45, 7) is 0.494. The van der Waals surface area contributed by atoms with Crippen LogP contribution in [-0.4, -0.2) is 29.5 Å². The van der Waals surface area contributed by atoms with E-state index in [-0.39, 0.29) is 5.96 Å². The van der Waals surface area contributed by atoms with Crippen LogP contribution >= 0.6 is 11.8 Å². The monoisotopic (exact) mass is 178 g/mol. The van der Waals surface area contributed by atoms with Crippen LogP contribution in [0.25, 0.3) is 0 Å². The second-order valence-corrected chi connectivity index (χ2v) is 2.61. The third-order valence-corrected chi connectivity index (χ3v) is 1.37. The minimum absolute atomic E-state index is 0.149. The molecule has 0 rings (SSSR count). The van der Waals surface area contributed by atoms with Gasteiger partial charge in [-0.05, 0) is 6.26 Å². The van der Waals surface area contributed by atoms with E-state index in [1.807, 2.05) is 6.26 Å². The van der Waals surface area contributed by atoms with E-state index in [1.165, 1.54) is 0 Å². The van der Waals surface area contributed by atoms with E-state index >= 15 is 0 Å².